The van der Waals surface area contributed by atoms with Crippen LogP contribution in [0.4, 0.5) is 21.6 Å². The number of benzene rings is 2. The van der Waals surface area contributed by atoms with Gasteiger partial charge in [-0.15, -0.1) is 0 Å². The predicted molar refractivity (Wildman–Crippen MR) is 132 cm³/mol. The van der Waals surface area contributed by atoms with Crippen molar-refractivity contribution in [2.75, 3.05) is 11.4 Å². The molecule has 0 N–H and O–H groups in total. The molecule has 0 atom stereocenters. The largest absolute Gasteiger partial charge is 0.436 e. The molecule has 0 fully saturated rings. The number of hydrogen-bond acceptors (Lipinski definition) is 7. The molecule has 0 spiro atoms. The van der Waals surface area contributed by atoms with E-state index in [1.807, 2.05) is 22.5 Å². The minimum absolute atomic E-state index is 0.00572. The highest BCUT2D eigenvalue weighted by Gasteiger charge is 2.33. The van der Waals surface area contributed by atoms with Crippen molar-refractivity contribution in [1.82, 2.24) is 19.5 Å². The molecule has 178 valence electrons. The minimum atomic E-state index is -0.559. The molecule has 4 heterocycles. The van der Waals surface area contributed by atoms with Crippen LogP contribution in [0.1, 0.15) is 5.69 Å². The number of rotatable bonds is 5. The normalized spacial score (nSPS) is 12.7. The molecule has 0 saturated carbocycles. The number of nitro benzene ring substituents is 1. The highest BCUT2D eigenvalue weighted by atomic mass is 19.1. The number of para-hydroxylation sites is 2. The van der Waals surface area contributed by atoms with E-state index in [9.17, 15) is 10.1 Å². The van der Waals surface area contributed by atoms with E-state index < -0.39 is 10.7 Å². The Bertz CT molecular complexity index is 1650. The van der Waals surface area contributed by atoms with Gasteiger partial charge in [-0.2, -0.15) is 0 Å². The van der Waals surface area contributed by atoms with Crippen LogP contribution in [0.15, 0.2) is 73.2 Å². The topological polar surface area (TPSA) is 99.2 Å². The summed E-state index contributed by atoms with van der Waals surface area (Å²) in [5, 5.41) is 12.5. The van der Waals surface area contributed by atoms with E-state index >= 15 is 4.39 Å². The molecule has 0 radical (unpaired) electrons. The Kier molecular flexibility index (Phi) is 5.06. The van der Waals surface area contributed by atoms with Gasteiger partial charge in [0.2, 0.25) is 5.88 Å². The van der Waals surface area contributed by atoms with Gasteiger partial charge in [-0.3, -0.25) is 10.1 Å². The standard InChI is InChI=1S/C26H19FN6O3/c1-16-5-4-8-23(30-16)36-22-10-9-17(13-19(22)27)24-18-14-28-15-29-25(18)32-12-11-31(26(24)32)20-6-2-3-7-21(20)33(34)35/h2-10,13-15H,11-12H2,1H3. The maximum atomic E-state index is 15.3. The molecule has 1 aliphatic rings. The first-order chi connectivity index (χ1) is 17.5. The maximum Gasteiger partial charge on any atom is 0.292 e. The first kappa shape index (κ1) is 21.7. The summed E-state index contributed by atoms with van der Waals surface area (Å²) in [5.41, 5.74) is 3.17. The van der Waals surface area contributed by atoms with Gasteiger partial charge in [0.25, 0.3) is 5.69 Å². The molecule has 0 amide bonds. The van der Waals surface area contributed by atoms with E-state index in [0.29, 0.717) is 47.2 Å². The van der Waals surface area contributed by atoms with Gasteiger partial charge >= 0.3 is 0 Å². The van der Waals surface area contributed by atoms with Crippen LogP contribution in [-0.4, -0.2) is 31.0 Å². The molecule has 9 nitrogen and oxygen atoms in total. The van der Waals surface area contributed by atoms with E-state index in [1.54, 1.807) is 48.7 Å². The van der Waals surface area contributed by atoms with Crippen molar-refractivity contribution in [2.45, 2.75) is 13.5 Å². The van der Waals surface area contributed by atoms with Crippen LogP contribution in [0.25, 0.3) is 22.2 Å². The van der Waals surface area contributed by atoms with Crippen molar-refractivity contribution in [1.29, 1.82) is 0 Å². The molecule has 3 aromatic heterocycles. The highest BCUT2D eigenvalue weighted by molar-refractivity contribution is 6.03. The highest BCUT2D eigenvalue weighted by Crippen LogP contribution is 2.47. The van der Waals surface area contributed by atoms with Crippen LogP contribution >= 0.6 is 0 Å². The molecule has 36 heavy (non-hydrogen) atoms. The summed E-state index contributed by atoms with van der Waals surface area (Å²) in [4.78, 5) is 26.1. The molecule has 0 bridgehead atoms. The zero-order chi connectivity index (χ0) is 24.8. The van der Waals surface area contributed by atoms with Crippen LogP contribution < -0.4 is 9.64 Å². The molecule has 5 aromatic rings. The Morgan fingerprint density at radius 2 is 1.94 bits per heavy atom. The Labute approximate surface area is 204 Å². The van der Waals surface area contributed by atoms with Gasteiger partial charge in [0.15, 0.2) is 11.6 Å². The first-order valence-corrected chi connectivity index (χ1v) is 11.3. The fraction of sp³-hybridized carbons (Fsp3) is 0.115. The van der Waals surface area contributed by atoms with Crippen LogP contribution in [0.5, 0.6) is 11.6 Å². The summed E-state index contributed by atoms with van der Waals surface area (Å²) >= 11 is 0. The minimum Gasteiger partial charge on any atom is -0.436 e. The van der Waals surface area contributed by atoms with Gasteiger partial charge in [0, 0.05) is 48.1 Å². The molecule has 2 aromatic carbocycles. The number of halogens is 1. The number of hydrogen-bond donors (Lipinski definition) is 0. The number of aromatic nitrogens is 4. The third-order valence-electron chi connectivity index (χ3n) is 6.17. The molecule has 6 rings (SSSR count). The van der Waals surface area contributed by atoms with Crippen LogP contribution in [-0.2, 0) is 6.54 Å². The Morgan fingerprint density at radius 1 is 1.08 bits per heavy atom. The van der Waals surface area contributed by atoms with Gasteiger partial charge in [0.05, 0.1) is 4.92 Å². The molecule has 0 unspecified atom stereocenters. The number of aryl methyl sites for hydroxylation is 1. The second-order valence-corrected chi connectivity index (χ2v) is 8.37. The summed E-state index contributed by atoms with van der Waals surface area (Å²) in [6, 6.07) is 16.6. The summed E-state index contributed by atoms with van der Waals surface area (Å²) in [5.74, 6) is 0.487. The van der Waals surface area contributed by atoms with Gasteiger partial charge in [-0.25, -0.2) is 19.3 Å². The predicted octanol–water partition coefficient (Wildman–Crippen LogP) is 5.79. The molecule has 1 aliphatic heterocycles. The fourth-order valence-electron chi connectivity index (χ4n) is 4.66. The Balaban J connectivity index is 1.49. The molecular weight excluding hydrogens is 463 g/mol. The van der Waals surface area contributed by atoms with E-state index in [-0.39, 0.29) is 11.4 Å². The quantitative estimate of drug-likeness (QED) is 0.231. The van der Waals surface area contributed by atoms with E-state index in [2.05, 4.69) is 15.0 Å². The Morgan fingerprint density at radius 3 is 2.75 bits per heavy atom. The summed E-state index contributed by atoms with van der Waals surface area (Å²) < 4.78 is 22.9. The van der Waals surface area contributed by atoms with Gasteiger partial charge in [-0.05, 0) is 36.8 Å². The van der Waals surface area contributed by atoms with Crippen molar-refractivity contribution in [3.8, 4) is 22.8 Å². The van der Waals surface area contributed by atoms with Crippen molar-refractivity contribution < 1.29 is 14.1 Å². The smallest absolute Gasteiger partial charge is 0.292 e. The summed E-state index contributed by atoms with van der Waals surface area (Å²) in [6.45, 7) is 2.91. The van der Waals surface area contributed by atoms with Crippen molar-refractivity contribution in [2.24, 2.45) is 0 Å². The lowest BCUT2D eigenvalue weighted by atomic mass is 10.0. The second-order valence-electron chi connectivity index (χ2n) is 8.37. The number of ether oxygens (including phenoxy) is 1. The first-order valence-electron chi connectivity index (χ1n) is 11.3. The van der Waals surface area contributed by atoms with Crippen LogP contribution in [0.3, 0.4) is 0 Å². The van der Waals surface area contributed by atoms with Gasteiger partial charge in [0.1, 0.15) is 23.5 Å². The summed E-state index contributed by atoms with van der Waals surface area (Å²) in [7, 11) is 0. The molecule has 0 aliphatic carbocycles. The lowest BCUT2D eigenvalue weighted by Gasteiger charge is -2.20. The van der Waals surface area contributed by atoms with Crippen molar-refractivity contribution in [3.63, 3.8) is 0 Å². The molecule has 0 saturated heterocycles. The van der Waals surface area contributed by atoms with E-state index in [1.165, 1.54) is 18.5 Å². The number of pyridine rings is 1. The third-order valence-corrected chi connectivity index (χ3v) is 6.17. The SMILES string of the molecule is Cc1cccc(Oc2ccc(-c3c4n(c5ncncc35)CCN4c3ccccc3[N+](=O)[O-])cc2F)n1. The average Bonchev–Trinajstić information content (AvgIpc) is 3.44. The van der Waals surface area contributed by atoms with Crippen LogP contribution in [0, 0.1) is 22.9 Å². The molecule has 10 heteroatoms. The number of fused-ring (bicyclic) bond motifs is 3. The van der Waals surface area contributed by atoms with Gasteiger partial charge < -0.3 is 14.2 Å². The monoisotopic (exact) mass is 482 g/mol. The van der Waals surface area contributed by atoms with E-state index in [4.69, 9.17) is 4.74 Å². The lowest BCUT2D eigenvalue weighted by Crippen LogP contribution is -2.15. The van der Waals surface area contributed by atoms with E-state index in [0.717, 1.165) is 11.1 Å². The second kappa shape index (κ2) is 8.42. The Hall–Kier alpha value is -4.86. The van der Waals surface area contributed by atoms with Gasteiger partial charge in [-0.1, -0.05) is 24.3 Å². The zero-order valence-electron chi connectivity index (χ0n) is 19.1. The number of nitro groups is 1. The molecular formula is C26H19FN6O3. The van der Waals surface area contributed by atoms with Crippen LogP contribution in [0.2, 0.25) is 0 Å². The zero-order valence-corrected chi connectivity index (χ0v) is 19.1. The maximum absolute atomic E-state index is 15.3. The third kappa shape index (κ3) is 3.50. The lowest BCUT2D eigenvalue weighted by molar-refractivity contribution is -0.384. The number of nitrogens with zero attached hydrogens (tertiary/aromatic N) is 6. The average molecular weight is 482 g/mol. The van der Waals surface area contributed by atoms with Crippen molar-refractivity contribution in [3.05, 3.63) is 94.8 Å². The van der Waals surface area contributed by atoms with Crippen molar-refractivity contribution >= 4 is 28.2 Å². The fourth-order valence-corrected chi connectivity index (χ4v) is 4.66. The summed E-state index contributed by atoms with van der Waals surface area (Å²) in [6.07, 6.45) is 3.14. The number of anilines is 2.